The number of hydrogen-bond acceptors (Lipinski definition) is 5. The fourth-order valence-corrected chi connectivity index (χ4v) is 1.14. The maximum atomic E-state index is 5.59. The summed E-state index contributed by atoms with van der Waals surface area (Å²) in [6.45, 7) is 1.91. The Morgan fingerprint density at radius 1 is 1.44 bits per heavy atom. The van der Waals surface area contributed by atoms with Crippen molar-refractivity contribution in [1.82, 2.24) is 20.2 Å². The van der Waals surface area contributed by atoms with Crippen LogP contribution < -0.4 is 5.43 Å². The molecule has 82 valence electrons. The zero-order chi connectivity index (χ0) is 11.4. The maximum Gasteiger partial charge on any atom is 0.168 e. The van der Waals surface area contributed by atoms with Crippen molar-refractivity contribution in [3.8, 4) is 0 Å². The highest BCUT2D eigenvalue weighted by atomic mass is 35.5. The molecule has 0 fully saturated rings. The summed E-state index contributed by atoms with van der Waals surface area (Å²) in [5.74, 6) is 0.522. The number of aromatic nitrogens is 4. The smallest absolute Gasteiger partial charge is 0.168 e. The number of nitrogens with zero attached hydrogens (tertiary/aromatic N) is 4. The zero-order valence-electron chi connectivity index (χ0n) is 8.48. The number of hydrogen-bond donors (Lipinski definition) is 2. The average molecular weight is 237 g/mol. The molecule has 6 nitrogen and oxygen atoms in total. The van der Waals surface area contributed by atoms with Crippen LogP contribution >= 0.6 is 11.6 Å². The second-order valence-corrected chi connectivity index (χ2v) is 3.41. The minimum atomic E-state index is 0.345. The third kappa shape index (κ3) is 2.54. The van der Waals surface area contributed by atoms with Gasteiger partial charge in [0.25, 0.3) is 0 Å². The van der Waals surface area contributed by atoms with E-state index >= 15 is 0 Å². The first-order valence-corrected chi connectivity index (χ1v) is 4.92. The van der Waals surface area contributed by atoms with Crippen molar-refractivity contribution in [2.75, 3.05) is 5.43 Å². The molecule has 2 aromatic rings. The molecule has 0 bridgehead atoms. The minimum absolute atomic E-state index is 0.345. The predicted octanol–water partition coefficient (Wildman–Crippen LogP) is 1.61. The van der Waals surface area contributed by atoms with Gasteiger partial charge in [-0.1, -0.05) is 11.6 Å². The van der Waals surface area contributed by atoms with Crippen LogP contribution in [-0.2, 0) is 0 Å². The lowest BCUT2D eigenvalue weighted by atomic mass is 10.4. The van der Waals surface area contributed by atoms with Gasteiger partial charge in [-0.2, -0.15) is 5.10 Å². The summed E-state index contributed by atoms with van der Waals surface area (Å²) in [6, 6.07) is 3.32. The zero-order valence-corrected chi connectivity index (χ0v) is 9.23. The highest BCUT2D eigenvalue weighted by Crippen LogP contribution is 2.05. The molecular formula is C9H9ClN6. The van der Waals surface area contributed by atoms with Crippen LogP contribution in [0, 0.1) is 6.92 Å². The van der Waals surface area contributed by atoms with E-state index < -0.39 is 0 Å². The van der Waals surface area contributed by atoms with E-state index in [4.69, 9.17) is 11.6 Å². The molecule has 0 spiro atoms. The Hall–Kier alpha value is -1.95. The molecule has 0 atom stereocenters. The van der Waals surface area contributed by atoms with Crippen molar-refractivity contribution in [1.29, 1.82) is 0 Å². The van der Waals surface area contributed by atoms with Crippen molar-refractivity contribution in [3.63, 3.8) is 0 Å². The molecule has 0 radical (unpaired) electrons. The minimum Gasteiger partial charge on any atom is -0.348 e. The van der Waals surface area contributed by atoms with Gasteiger partial charge in [0.15, 0.2) is 11.0 Å². The molecule has 0 saturated carbocycles. The largest absolute Gasteiger partial charge is 0.348 e. The molecular weight excluding hydrogens is 228 g/mol. The van der Waals surface area contributed by atoms with Crippen LogP contribution in [0.2, 0.25) is 5.15 Å². The number of nitrogens with one attached hydrogen (secondary N) is 2. The summed E-state index contributed by atoms with van der Waals surface area (Å²) in [6.07, 6.45) is 3.21. The molecule has 0 amide bonds. The second kappa shape index (κ2) is 4.71. The standard InChI is InChI=1S/C9H9ClN6/c1-6-7(12-5-11-6)4-13-15-9-3-2-8(10)14-16-9/h2-5H,1H3,(H,11,12)(H,15,16). The molecule has 2 aromatic heterocycles. The fourth-order valence-electron chi connectivity index (χ4n) is 1.03. The van der Waals surface area contributed by atoms with Crippen LogP contribution in [0.1, 0.15) is 11.4 Å². The number of imidazole rings is 1. The average Bonchev–Trinajstić information content (AvgIpc) is 2.68. The lowest BCUT2D eigenvalue weighted by Gasteiger charge is -1.96. The molecule has 7 heteroatoms. The van der Waals surface area contributed by atoms with Gasteiger partial charge in [-0.25, -0.2) is 4.98 Å². The number of hydrazone groups is 1. The SMILES string of the molecule is Cc1[nH]cnc1C=NNc1ccc(Cl)nn1. The van der Waals surface area contributed by atoms with Crippen molar-refractivity contribution in [2.24, 2.45) is 5.10 Å². The van der Waals surface area contributed by atoms with E-state index in [0.29, 0.717) is 11.0 Å². The Morgan fingerprint density at radius 3 is 2.94 bits per heavy atom. The molecule has 16 heavy (non-hydrogen) atoms. The Morgan fingerprint density at radius 2 is 2.31 bits per heavy atom. The monoisotopic (exact) mass is 236 g/mol. The maximum absolute atomic E-state index is 5.59. The van der Waals surface area contributed by atoms with Gasteiger partial charge in [-0.05, 0) is 19.1 Å². The molecule has 0 aromatic carbocycles. The van der Waals surface area contributed by atoms with Gasteiger partial charge in [-0.3, -0.25) is 5.43 Å². The highest BCUT2D eigenvalue weighted by Gasteiger charge is 1.96. The van der Waals surface area contributed by atoms with Gasteiger partial charge in [-0.15, -0.1) is 10.2 Å². The summed E-state index contributed by atoms with van der Waals surface area (Å²) in [5, 5.41) is 11.8. The third-order valence-electron chi connectivity index (χ3n) is 1.87. The van der Waals surface area contributed by atoms with E-state index in [0.717, 1.165) is 11.4 Å². The van der Waals surface area contributed by atoms with Crippen LogP contribution in [-0.4, -0.2) is 26.4 Å². The second-order valence-electron chi connectivity index (χ2n) is 3.02. The van der Waals surface area contributed by atoms with E-state index in [9.17, 15) is 0 Å². The van der Waals surface area contributed by atoms with Crippen LogP contribution in [0.25, 0.3) is 0 Å². The first-order chi connectivity index (χ1) is 7.75. The quantitative estimate of drug-likeness (QED) is 0.627. The van der Waals surface area contributed by atoms with Crippen LogP contribution in [0.4, 0.5) is 5.82 Å². The number of H-pyrrole nitrogens is 1. The molecule has 0 aliphatic carbocycles. The highest BCUT2D eigenvalue weighted by molar-refractivity contribution is 6.29. The van der Waals surface area contributed by atoms with Crippen molar-refractivity contribution in [2.45, 2.75) is 6.92 Å². The van der Waals surface area contributed by atoms with Crippen molar-refractivity contribution < 1.29 is 0 Å². The third-order valence-corrected chi connectivity index (χ3v) is 2.07. The Bertz CT molecular complexity index is 489. The first-order valence-electron chi connectivity index (χ1n) is 4.54. The van der Waals surface area contributed by atoms with Crippen LogP contribution in [0.5, 0.6) is 0 Å². The summed E-state index contributed by atoms with van der Waals surface area (Å²) < 4.78 is 0. The van der Waals surface area contributed by atoms with Gasteiger partial charge in [0.05, 0.1) is 12.5 Å². The Labute approximate surface area is 96.8 Å². The summed E-state index contributed by atoms with van der Waals surface area (Å²) in [7, 11) is 0. The number of anilines is 1. The molecule has 2 rings (SSSR count). The predicted molar refractivity (Wildman–Crippen MR) is 61.6 cm³/mol. The van der Waals surface area contributed by atoms with E-state index in [2.05, 4.69) is 30.7 Å². The molecule has 0 aliphatic heterocycles. The molecule has 2 N–H and O–H groups in total. The van der Waals surface area contributed by atoms with Crippen molar-refractivity contribution in [3.05, 3.63) is 35.0 Å². The van der Waals surface area contributed by atoms with Gasteiger partial charge in [0.1, 0.15) is 5.69 Å². The summed E-state index contributed by atoms with van der Waals surface area (Å²) in [4.78, 5) is 7.01. The van der Waals surface area contributed by atoms with Crippen molar-refractivity contribution >= 4 is 23.6 Å². The lowest BCUT2D eigenvalue weighted by molar-refractivity contribution is 1.02. The number of aryl methyl sites for hydroxylation is 1. The molecule has 0 aliphatic rings. The first kappa shape index (κ1) is 10.6. The van der Waals surface area contributed by atoms with Gasteiger partial charge >= 0.3 is 0 Å². The van der Waals surface area contributed by atoms with Crippen LogP contribution in [0.15, 0.2) is 23.6 Å². The Kier molecular flexibility index (Phi) is 3.11. The number of halogens is 1. The molecule has 0 saturated heterocycles. The number of rotatable bonds is 3. The van der Waals surface area contributed by atoms with E-state index in [1.807, 2.05) is 6.92 Å². The number of aromatic amines is 1. The van der Waals surface area contributed by atoms with Gasteiger partial charge in [0.2, 0.25) is 0 Å². The lowest BCUT2D eigenvalue weighted by Crippen LogP contribution is -1.95. The normalized spacial score (nSPS) is 10.9. The topological polar surface area (TPSA) is 78.9 Å². The van der Waals surface area contributed by atoms with Crippen LogP contribution in [0.3, 0.4) is 0 Å². The molecule has 2 heterocycles. The van der Waals surface area contributed by atoms with Gasteiger partial charge < -0.3 is 4.98 Å². The summed E-state index contributed by atoms with van der Waals surface area (Å²) >= 11 is 5.59. The molecule has 0 unspecified atom stereocenters. The fraction of sp³-hybridized carbons (Fsp3) is 0.111. The Balaban J connectivity index is 2.00. The summed E-state index contributed by atoms with van der Waals surface area (Å²) in [5.41, 5.74) is 4.44. The van der Waals surface area contributed by atoms with E-state index in [1.165, 1.54) is 0 Å². The van der Waals surface area contributed by atoms with E-state index in [-0.39, 0.29) is 0 Å². The van der Waals surface area contributed by atoms with Gasteiger partial charge in [0, 0.05) is 5.69 Å². The van der Waals surface area contributed by atoms with E-state index in [1.54, 1.807) is 24.7 Å².